The van der Waals surface area contributed by atoms with Gasteiger partial charge in [0.15, 0.2) is 12.1 Å². The van der Waals surface area contributed by atoms with Crippen molar-refractivity contribution in [1.29, 1.82) is 0 Å². The van der Waals surface area contributed by atoms with Crippen LogP contribution in [0.5, 0.6) is 0 Å². The maximum absolute atomic E-state index is 13.0. The maximum Gasteiger partial charge on any atom is 0.243 e. The van der Waals surface area contributed by atoms with Crippen LogP contribution in [0.1, 0.15) is 36.5 Å². The second-order valence-corrected chi connectivity index (χ2v) is 7.76. The zero-order valence-corrected chi connectivity index (χ0v) is 13.9. The fraction of sp³-hybridized carbons (Fsp3) is 0.562. The Morgan fingerprint density at radius 1 is 1.13 bits per heavy atom. The van der Waals surface area contributed by atoms with Crippen molar-refractivity contribution in [3.05, 3.63) is 29.8 Å². The number of hydrogen-bond acceptors (Lipinski definition) is 5. The van der Waals surface area contributed by atoms with Crippen LogP contribution in [0.25, 0.3) is 0 Å². The number of rotatable bonds is 4. The smallest absolute Gasteiger partial charge is 0.243 e. The van der Waals surface area contributed by atoms with Gasteiger partial charge in [-0.05, 0) is 31.9 Å². The number of carbonyl (C=O) groups excluding carboxylic acids is 1. The summed E-state index contributed by atoms with van der Waals surface area (Å²) in [6, 6.07) is 5.80. The number of ketones is 1. The summed E-state index contributed by atoms with van der Waals surface area (Å²) in [5.74, 6) is -0.0856. The Hall–Kier alpha value is -1.28. The Morgan fingerprint density at radius 3 is 2.39 bits per heavy atom. The lowest BCUT2D eigenvalue weighted by Crippen LogP contribution is -2.50. The molecule has 1 atom stereocenters. The molecule has 0 unspecified atom stereocenters. The van der Waals surface area contributed by atoms with Crippen LogP contribution in [0.4, 0.5) is 0 Å². The summed E-state index contributed by atoms with van der Waals surface area (Å²) in [5, 5.41) is 0. The quantitative estimate of drug-likeness (QED) is 0.782. The second kappa shape index (κ2) is 6.68. The summed E-state index contributed by atoms with van der Waals surface area (Å²) in [6.07, 6.45) is 2.04. The van der Waals surface area contributed by atoms with E-state index < -0.39 is 16.3 Å². The van der Waals surface area contributed by atoms with Crippen molar-refractivity contribution < 1.29 is 22.7 Å². The lowest BCUT2D eigenvalue weighted by molar-refractivity contribution is -0.0913. The monoisotopic (exact) mass is 339 g/mol. The normalized spacial score (nSPS) is 24.0. The van der Waals surface area contributed by atoms with Crippen molar-refractivity contribution in [2.75, 3.05) is 19.8 Å². The SMILES string of the molecule is CC(=O)c1ccc(S(=O)(=O)N2CCCC[C@@H]2C2OCCO2)cc1. The fourth-order valence-electron chi connectivity index (χ4n) is 3.10. The molecule has 2 aliphatic rings. The van der Waals surface area contributed by atoms with Crippen LogP contribution in [-0.4, -0.2) is 50.6 Å². The number of carbonyl (C=O) groups is 1. The van der Waals surface area contributed by atoms with Gasteiger partial charge in [0, 0.05) is 12.1 Å². The van der Waals surface area contributed by atoms with E-state index in [9.17, 15) is 13.2 Å². The summed E-state index contributed by atoms with van der Waals surface area (Å²) in [6.45, 7) is 2.92. The standard InChI is InChI=1S/C16H21NO5S/c1-12(18)13-5-7-14(8-6-13)23(19,20)17-9-3-2-4-15(17)16-21-10-11-22-16/h5-8,15-16H,2-4,9-11H2,1H3/t15-/m1/s1. The molecule has 2 aliphatic heterocycles. The number of benzene rings is 1. The molecule has 1 aromatic rings. The van der Waals surface area contributed by atoms with Gasteiger partial charge in [0.25, 0.3) is 0 Å². The molecule has 0 saturated carbocycles. The van der Waals surface area contributed by atoms with Crippen molar-refractivity contribution >= 4 is 15.8 Å². The van der Waals surface area contributed by atoms with Crippen LogP contribution in [0, 0.1) is 0 Å². The highest BCUT2D eigenvalue weighted by molar-refractivity contribution is 7.89. The first-order valence-corrected chi connectivity index (χ1v) is 9.30. The van der Waals surface area contributed by atoms with Gasteiger partial charge in [-0.15, -0.1) is 0 Å². The van der Waals surface area contributed by atoms with E-state index in [0.29, 0.717) is 25.3 Å². The Morgan fingerprint density at radius 2 is 1.78 bits per heavy atom. The predicted molar refractivity (Wildman–Crippen MR) is 83.7 cm³/mol. The highest BCUT2D eigenvalue weighted by atomic mass is 32.2. The molecule has 2 heterocycles. The van der Waals surface area contributed by atoms with Gasteiger partial charge in [0.1, 0.15) is 0 Å². The molecule has 0 aromatic heterocycles. The minimum Gasteiger partial charge on any atom is -0.349 e. The number of nitrogens with zero attached hydrogens (tertiary/aromatic N) is 1. The molecule has 0 amide bonds. The van der Waals surface area contributed by atoms with Gasteiger partial charge < -0.3 is 9.47 Å². The third-order valence-electron chi connectivity index (χ3n) is 4.33. The van der Waals surface area contributed by atoms with Crippen molar-refractivity contribution in [3.63, 3.8) is 0 Å². The lowest BCUT2D eigenvalue weighted by atomic mass is 10.0. The molecule has 2 fully saturated rings. The van der Waals surface area contributed by atoms with E-state index >= 15 is 0 Å². The molecular formula is C16H21NO5S. The summed E-state index contributed by atoms with van der Waals surface area (Å²) in [7, 11) is -3.63. The zero-order chi connectivity index (χ0) is 16.4. The third-order valence-corrected chi connectivity index (χ3v) is 6.27. The van der Waals surface area contributed by atoms with Gasteiger partial charge >= 0.3 is 0 Å². The van der Waals surface area contributed by atoms with Crippen LogP contribution in [0.2, 0.25) is 0 Å². The van der Waals surface area contributed by atoms with Crippen LogP contribution in [0.15, 0.2) is 29.2 Å². The average molecular weight is 339 g/mol. The Labute approximate surface area is 136 Å². The van der Waals surface area contributed by atoms with E-state index in [1.54, 1.807) is 12.1 Å². The molecular weight excluding hydrogens is 318 g/mol. The maximum atomic E-state index is 13.0. The second-order valence-electron chi connectivity index (χ2n) is 5.87. The summed E-state index contributed by atoms with van der Waals surface area (Å²) in [4.78, 5) is 11.5. The molecule has 0 bridgehead atoms. The number of ether oxygens (including phenoxy) is 2. The molecule has 2 saturated heterocycles. The molecule has 0 N–H and O–H groups in total. The molecule has 0 aliphatic carbocycles. The van der Waals surface area contributed by atoms with Crippen molar-refractivity contribution in [3.8, 4) is 0 Å². The molecule has 23 heavy (non-hydrogen) atoms. The number of Topliss-reactive ketones (excluding diaryl/α,β-unsaturated/α-hetero) is 1. The summed E-state index contributed by atoms with van der Waals surface area (Å²) >= 11 is 0. The largest absolute Gasteiger partial charge is 0.349 e. The highest BCUT2D eigenvalue weighted by Crippen LogP contribution is 2.30. The van der Waals surface area contributed by atoms with Crippen LogP contribution < -0.4 is 0 Å². The van der Waals surface area contributed by atoms with Gasteiger partial charge in [-0.3, -0.25) is 4.79 Å². The molecule has 0 radical (unpaired) electrons. The average Bonchev–Trinajstić information content (AvgIpc) is 3.09. The third kappa shape index (κ3) is 3.33. The molecule has 1 aromatic carbocycles. The van der Waals surface area contributed by atoms with Gasteiger partial charge in [0.05, 0.1) is 24.2 Å². The summed E-state index contributed by atoms with van der Waals surface area (Å²) in [5.41, 5.74) is 0.501. The summed E-state index contributed by atoms with van der Waals surface area (Å²) < 4.78 is 38.5. The van der Waals surface area contributed by atoms with Crippen LogP contribution in [-0.2, 0) is 19.5 Å². The van der Waals surface area contributed by atoms with Crippen LogP contribution >= 0.6 is 0 Å². The van der Waals surface area contributed by atoms with Crippen molar-refractivity contribution in [1.82, 2.24) is 4.31 Å². The van der Waals surface area contributed by atoms with Crippen LogP contribution in [0.3, 0.4) is 0 Å². The van der Waals surface area contributed by atoms with Crippen molar-refractivity contribution in [2.24, 2.45) is 0 Å². The predicted octanol–water partition coefficient (Wildman–Crippen LogP) is 1.81. The van der Waals surface area contributed by atoms with Gasteiger partial charge in [-0.25, -0.2) is 8.42 Å². The minimum absolute atomic E-state index is 0.0856. The first kappa shape index (κ1) is 16.6. The first-order chi connectivity index (χ1) is 11.0. The molecule has 7 heteroatoms. The topological polar surface area (TPSA) is 72.9 Å². The van der Waals surface area contributed by atoms with E-state index in [2.05, 4.69) is 0 Å². The first-order valence-electron chi connectivity index (χ1n) is 7.86. The minimum atomic E-state index is -3.63. The molecule has 0 spiro atoms. The lowest BCUT2D eigenvalue weighted by Gasteiger charge is -2.36. The Kier molecular flexibility index (Phi) is 4.82. The highest BCUT2D eigenvalue weighted by Gasteiger charge is 2.40. The Balaban J connectivity index is 1.88. The van der Waals surface area contributed by atoms with E-state index in [1.165, 1.54) is 23.4 Å². The molecule has 3 rings (SSSR count). The zero-order valence-electron chi connectivity index (χ0n) is 13.1. The van der Waals surface area contributed by atoms with E-state index in [-0.39, 0.29) is 16.7 Å². The van der Waals surface area contributed by atoms with E-state index in [0.717, 1.165) is 19.3 Å². The van der Waals surface area contributed by atoms with E-state index in [1.807, 2.05) is 0 Å². The van der Waals surface area contributed by atoms with Gasteiger partial charge in [0.2, 0.25) is 10.0 Å². The van der Waals surface area contributed by atoms with Gasteiger partial charge in [-0.1, -0.05) is 18.6 Å². The molecule has 6 nitrogen and oxygen atoms in total. The number of piperidine rings is 1. The number of sulfonamides is 1. The van der Waals surface area contributed by atoms with Gasteiger partial charge in [-0.2, -0.15) is 4.31 Å². The molecule has 126 valence electrons. The number of hydrogen-bond donors (Lipinski definition) is 0. The van der Waals surface area contributed by atoms with E-state index in [4.69, 9.17) is 9.47 Å². The Bertz CT molecular complexity index is 664. The van der Waals surface area contributed by atoms with Crippen molar-refractivity contribution in [2.45, 2.75) is 43.4 Å². The fourth-order valence-corrected chi connectivity index (χ4v) is 4.78.